The van der Waals surface area contributed by atoms with E-state index >= 15 is 0 Å². The van der Waals surface area contributed by atoms with E-state index in [2.05, 4.69) is 15.1 Å². The van der Waals surface area contributed by atoms with Gasteiger partial charge >= 0.3 is 0 Å². The van der Waals surface area contributed by atoms with Gasteiger partial charge in [-0.1, -0.05) is 6.07 Å². The molecule has 1 fully saturated rings. The minimum atomic E-state index is -3.27. The number of hydrogen-bond donors (Lipinski definition) is 1. The summed E-state index contributed by atoms with van der Waals surface area (Å²) in [5.41, 5.74) is 0.610. The van der Waals surface area contributed by atoms with E-state index in [1.807, 2.05) is 24.3 Å². The smallest absolute Gasteiger partial charge is 0.271 e. The molecule has 3 aromatic carbocycles. The summed E-state index contributed by atoms with van der Waals surface area (Å²) in [5.74, 6) is -2.39. The van der Waals surface area contributed by atoms with Crippen LogP contribution >= 0.6 is 11.3 Å². The number of nitrogens with zero attached hydrogens (tertiary/aromatic N) is 2. The van der Waals surface area contributed by atoms with Gasteiger partial charge < -0.3 is 14.4 Å². The van der Waals surface area contributed by atoms with Gasteiger partial charge in [-0.2, -0.15) is 5.10 Å². The van der Waals surface area contributed by atoms with E-state index < -0.39 is 17.3 Å². The van der Waals surface area contributed by atoms with E-state index in [1.165, 1.54) is 23.5 Å². The average molecular weight is 570 g/mol. The van der Waals surface area contributed by atoms with E-state index in [9.17, 15) is 17.6 Å². The molecule has 0 atom stereocenters. The molecule has 1 saturated heterocycles. The zero-order valence-corrected chi connectivity index (χ0v) is 22.5. The van der Waals surface area contributed by atoms with Gasteiger partial charge in [-0.15, -0.1) is 11.3 Å². The van der Waals surface area contributed by atoms with Gasteiger partial charge in [0.2, 0.25) is 0 Å². The van der Waals surface area contributed by atoms with E-state index in [0.717, 1.165) is 59.9 Å². The number of benzene rings is 3. The van der Waals surface area contributed by atoms with Crippen LogP contribution in [0.25, 0.3) is 31.4 Å². The molecule has 1 N–H and O–H groups in total. The fourth-order valence-corrected chi connectivity index (χ4v) is 6.45. The molecule has 5 aromatic rings. The highest BCUT2D eigenvalue weighted by Gasteiger charge is 2.31. The first-order valence-electron chi connectivity index (χ1n) is 13.1. The third-order valence-corrected chi connectivity index (χ3v) is 8.46. The van der Waals surface area contributed by atoms with E-state index in [-0.39, 0.29) is 18.3 Å². The molecule has 208 valence electrons. The topological polar surface area (TPSA) is 50.4 Å². The number of fused-ring (bicyclic) bond motifs is 3. The highest BCUT2D eigenvalue weighted by molar-refractivity contribution is 7.23. The van der Waals surface area contributed by atoms with Crippen LogP contribution in [-0.4, -0.2) is 47.5 Å². The molecule has 10 heteroatoms. The molecule has 6 rings (SSSR count). The molecular weight excluding hydrogens is 542 g/mol. The Morgan fingerprint density at radius 1 is 1.02 bits per heavy atom. The number of alkyl halides is 3. The van der Waals surface area contributed by atoms with Crippen molar-refractivity contribution in [2.75, 3.05) is 26.3 Å². The standard InChI is InChI=1S/C30H27F4N3O2S/c1-30(33,34)25-16-18(32)2-7-22(25)29-27(23-8-9-26-24(17-35-36-26)28(23)40-29)39-20-5-3-19(4-6-20)38-21-10-13-37(14-11-21)15-12-31/h2-9,16-17,21H,10-15H2,1H3,(H,35,36). The maximum atomic E-state index is 14.6. The van der Waals surface area contributed by atoms with Crippen molar-refractivity contribution in [3.63, 3.8) is 0 Å². The van der Waals surface area contributed by atoms with Gasteiger partial charge in [-0.3, -0.25) is 5.10 Å². The number of likely N-dealkylation sites (tertiary alicyclic amines) is 1. The highest BCUT2D eigenvalue weighted by atomic mass is 32.1. The highest BCUT2D eigenvalue weighted by Crippen LogP contribution is 2.50. The first kappa shape index (κ1) is 26.6. The zero-order chi connectivity index (χ0) is 27.9. The summed E-state index contributed by atoms with van der Waals surface area (Å²) in [6, 6.07) is 14.3. The number of aromatic amines is 1. The van der Waals surface area contributed by atoms with Crippen LogP contribution in [0.5, 0.6) is 17.2 Å². The Morgan fingerprint density at radius 2 is 1.77 bits per heavy atom. The lowest BCUT2D eigenvalue weighted by Crippen LogP contribution is -2.39. The lowest BCUT2D eigenvalue weighted by Gasteiger charge is -2.31. The van der Waals surface area contributed by atoms with E-state index in [1.54, 1.807) is 18.3 Å². The number of ether oxygens (including phenoxy) is 2. The number of rotatable bonds is 8. The molecular formula is C30H27F4N3O2S. The second-order valence-corrected chi connectivity index (χ2v) is 11.1. The van der Waals surface area contributed by atoms with Gasteiger partial charge in [0.25, 0.3) is 5.92 Å². The lowest BCUT2D eigenvalue weighted by atomic mass is 10.00. The minimum Gasteiger partial charge on any atom is -0.490 e. The summed E-state index contributed by atoms with van der Waals surface area (Å²) >= 11 is 1.30. The molecule has 1 aliphatic rings. The summed E-state index contributed by atoms with van der Waals surface area (Å²) in [5, 5.41) is 8.64. The van der Waals surface area contributed by atoms with Crippen LogP contribution in [0.15, 0.2) is 60.8 Å². The number of aromatic nitrogens is 2. The normalized spacial score (nSPS) is 15.2. The van der Waals surface area contributed by atoms with Crippen LogP contribution in [0.4, 0.5) is 17.6 Å². The predicted molar refractivity (Wildman–Crippen MR) is 149 cm³/mol. The largest absolute Gasteiger partial charge is 0.490 e. The molecule has 5 nitrogen and oxygen atoms in total. The van der Waals surface area contributed by atoms with Crippen molar-refractivity contribution >= 4 is 32.3 Å². The van der Waals surface area contributed by atoms with E-state index in [0.29, 0.717) is 28.7 Å². The Kier molecular flexibility index (Phi) is 7.14. The van der Waals surface area contributed by atoms with Crippen LogP contribution in [0.2, 0.25) is 0 Å². The van der Waals surface area contributed by atoms with Crippen molar-refractivity contribution in [1.82, 2.24) is 15.1 Å². The number of halogens is 4. The molecule has 2 aromatic heterocycles. The molecule has 0 unspecified atom stereocenters. The van der Waals surface area contributed by atoms with Crippen LogP contribution in [0, 0.1) is 5.82 Å². The third-order valence-electron chi connectivity index (χ3n) is 7.21. The maximum Gasteiger partial charge on any atom is 0.271 e. The van der Waals surface area contributed by atoms with Gasteiger partial charge in [0.05, 0.1) is 16.6 Å². The Hall–Kier alpha value is -3.63. The molecule has 0 amide bonds. The van der Waals surface area contributed by atoms with Gasteiger partial charge in [0.15, 0.2) is 5.75 Å². The fraction of sp³-hybridized carbons (Fsp3) is 0.300. The van der Waals surface area contributed by atoms with Crippen molar-refractivity contribution in [1.29, 1.82) is 0 Å². The van der Waals surface area contributed by atoms with Crippen LogP contribution in [0.1, 0.15) is 25.3 Å². The average Bonchev–Trinajstić information content (AvgIpc) is 3.55. The molecule has 0 radical (unpaired) electrons. The maximum absolute atomic E-state index is 14.6. The van der Waals surface area contributed by atoms with Crippen LogP contribution in [0.3, 0.4) is 0 Å². The summed E-state index contributed by atoms with van der Waals surface area (Å²) in [6.07, 6.45) is 3.40. The second-order valence-electron chi connectivity index (χ2n) is 10.0. The first-order valence-corrected chi connectivity index (χ1v) is 13.9. The first-order chi connectivity index (χ1) is 19.3. The minimum absolute atomic E-state index is 0.0556. The predicted octanol–water partition coefficient (Wildman–Crippen LogP) is 8.30. The van der Waals surface area contributed by atoms with Crippen LogP contribution < -0.4 is 9.47 Å². The molecule has 0 spiro atoms. The molecule has 0 bridgehead atoms. The van der Waals surface area contributed by atoms with Crippen molar-refractivity contribution < 1.29 is 27.0 Å². The molecule has 0 aliphatic carbocycles. The number of hydrogen-bond acceptors (Lipinski definition) is 5. The fourth-order valence-electron chi connectivity index (χ4n) is 5.17. The van der Waals surface area contributed by atoms with Gasteiger partial charge in [0.1, 0.15) is 30.1 Å². The summed E-state index contributed by atoms with van der Waals surface area (Å²) in [4.78, 5) is 2.57. The Labute approximate surface area is 232 Å². The number of H-pyrrole nitrogens is 1. The summed E-state index contributed by atoms with van der Waals surface area (Å²) in [6.45, 7) is 2.48. The van der Waals surface area contributed by atoms with E-state index in [4.69, 9.17) is 9.47 Å². The number of nitrogens with one attached hydrogen (secondary N) is 1. The molecule has 40 heavy (non-hydrogen) atoms. The Bertz CT molecular complexity index is 1640. The number of thiophene rings is 1. The van der Waals surface area contributed by atoms with Gasteiger partial charge in [0, 0.05) is 53.2 Å². The Balaban J connectivity index is 1.33. The summed E-state index contributed by atoms with van der Waals surface area (Å²) in [7, 11) is 0. The van der Waals surface area contributed by atoms with Gasteiger partial charge in [-0.25, -0.2) is 17.6 Å². The summed E-state index contributed by atoms with van der Waals surface area (Å²) < 4.78 is 69.3. The monoisotopic (exact) mass is 569 g/mol. The third kappa shape index (κ3) is 5.25. The van der Waals surface area contributed by atoms with Crippen molar-refractivity contribution in [2.45, 2.75) is 31.8 Å². The van der Waals surface area contributed by atoms with Gasteiger partial charge in [-0.05, 0) is 61.4 Å². The van der Waals surface area contributed by atoms with Crippen molar-refractivity contribution in [3.05, 3.63) is 72.2 Å². The SMILES string of the molecule is CC(F)(F)c1cc(F)ccc1-c1sc2c(ccc3[nH]ncc32)c1Oc1ccc(OC2CCN(CCF)CC2)cc1. The van der Waals surface area contributed by atoms with Crippen molar-refractivity contribution in [2.24, 2.45) is 0 Å². The molecule has 1 aliphatic heterocycles. The van der Waals surface area contributed by atoms with Crippen molar-refractivity contribution in [3.8, 4) is 27.7 Å². The molecule has 3 heterocycles. The number of piperidine rings is 1. The zero-order valence-electron chi connectivity index (χ0n) is 21.7. The Morgan fingerprint density at radius 3 is 2.50 bits per heavy atom. The molecule has 0 saturated carbocycles. The second kappa shape index (κ2) is 10.7. The lowest BCUT2D eigenvalue weighted by molar-refractivity contribution is 0.0178. The quantitative estimate of drug-likeness (QED) is 0.191. The van der Waals surface area contributed by atoms with Crippen LogP contribution in [-0.2, 0) is 5.92 Å².